The van der Waals surface area contributed by atoms with Crippen molar-refractivity contribution >= 4 is 11.9 Å². The number of aromatic nitrogens is 3. The lowest BCUT2D eigenvalue weighted by Gasteiger charge is -1.95. The average Bonchev–Trinajstić information content (AvgIpc) is 2.93. The average molecular weight is 210 g/mol. The third-order valence-corrected chi connectivity index (χ3v) is 2.07. The number of carboxylic acids is 1. The second-order valence-corrected chi connectivity index (χ2v) is 3.39. The van der Waals surface area contributed by atoms with Gasteiger partial charge in [0.15, 0.2) is 0 Å². The highest BCUT2D eigenvalue weighted by atomic mass is 16.4. The number of amides is 1. The second-order valence-electron chi connectivity index (χ2n) is 3.39. The van der Waals surface area contributed by atoms with Crippen LogP contribution in [0.4, 0.5) is 0 Å². The molecule has 80 valence electrons. The van der Waals surface area contributed by atoms with E-state index < -0.39 is 18.4 Å². The van der Waals surface area contributed by atoms with E-state index >= 15 is 0 Å². The molecule has 1 heterocycles. The third kappa shape index (κ3) is 2.30. The molecule has 7 heteroatoms. The Morgan fingerprint density at radius 1 is 1.53 bits per heavy atom. The Morgan fingerprint density at radius 3 is 2.87 bits per heavy atom. The zero-order valence-electron chi connectivity index (χ0n) is 7.86. The SMILES string of the molecule is O=C(O)CNC(=O)c1n[nH]c(C2CC2)n1. The summed E-state index contributed by atoms with van der Waals surface area (Å²) in [4.78, 5) is 25.5. The number of carbonyl (C=O) groups is 2. The number of nitrogens with one attached hydrogen (secondary N) is 2. The van der Waals surface area contributed by atoms with Gasteiger partial charge < -0.3 is 10.4 Å². The molecular formula is C8H10N4O3. The zero-order valence-corrected chi connectivity index (χ0v) is 7.86. The number of rotatable bonds is 4. The van der Waals surface area contributed by atoms with Gasteiger partial charge in [-0.15, -0.1) is 5.10 Å². The van der Waals surface area contributed by atoms with Crippen LogP contribution in [-0.2, 0) is 4.79 Å². The maximum absolute atomic E-state index is 11.3. The van der Waals surface area contributed by atoms with Crippen LogP contribution in [0.25, 0.3) is 0 Å². The van der Waals surface area contributed by atoms with Crippen molar-refractivity contribution in [3.05, 3.63) is 11.6 Å². The van der Waals surface area contributed by atoms with Gasteiger partial charge in [0, 0.05) is 5.92 Å². The zero-order chi connectivity index (χ0) is 10.8. The molecule has 0 spiro atoms. The van der Waals surface area contributed by atoms with E-state index in [4.69, 9.17) is 5.11 Å². The maximum atomic E-state index is 11.3. The molecule has 7 nitrogen and oxygen atoms in total. The molecule has 0 atom stereocenters. The van der Waals surface area contributed by atoms with Crippen LogP contribution in [0.2, 0.25) is 0 Å². The number of nitrogens with zero attached hydrogens (tertiary/aromatic N) is 2. The molecule has 1 amide bonds. The van der Waals surface area contributed by atoms with E-state index in [1.54, 1.807) is 0 Å². The van der Waals surface area contributed by atoms with E-state index in [0.717, 1.165) is 12.8 Å². The monoisotopic (exact) mass is 210 g/mol. The van der Waals surface area contributed by atoms with Crippen molar-refractivity contribution in [2.45, 2.75) is 18.8 Å². The van der Waals surface area contributed by atoms with Crippen LogP contribution in [0.3, 0.4) is 0 Å². The summed E-state index contributed by atoms with van der Waals surface area (Å²) in [6.07, 6.45) is 2.12. The lowest BCUT2D eigenvalue weighted by molar-refractivity contribution is -0.135. The van der Waals surface area contributed by atoms with Crippen molar-refractivity contribution in [1.29, 1.82) is 0 Å². The van der Waals surface area contributed by atoms with Crippen molar-refractivity contribution in [2.24, 2.45) is 0 Å². The van der Waals surface area contributed by atoms with Crippen molar-refractivity contribution in [1.82, 2.24) is 20.5 Å². The predicted molar refractivity (Wildman–Crippen MR) is 48.3 cm³/mol. The van der Waals surface area contributed by atoms with E-state index in [-0.39, 0.29) is 5.82 Å². The highest BCUT2D eigenvalue weighted by molar-refractivity contribution is 5.92. The quantitative estimate of drug-likeness (QED) is 0.620. The van der Waals surface area contributed by atoms with Gasteiger partial charge >= 0.3 is 5.97 Å². The van der Waals surface area contributed by atoms with Crippen molar-refractivity contribution < 1.29 is 14.7 Å². The van der Waals surface area contributed by atoms with Crippen LogP contribution in [-0.4, -0.2) is 38.7 Å². The fourth-order valence-corrected chi connectivity index (χ4v) is 1.15. The van der Waals surface area contributed by atoms with E-state index in [0.29, 0.717) is 11.7 Å². The first-order valence-corrected chi connectivity index (χ1v) is 4.59. The summed E-state index contributed by atoms with van der Waals surface area (Å²) in [5, 5.41) is 16.9. The Balaban J connectivity index is 1.95. The maximum Gasteiger partial charge on any atom is 0.322 e. The van der Waals surface area contributed by atoms with Gasteiger partial charge in [-0.1, -0.05) is 0 Å². The Kier molecular flexibility index (Phi) is 2.36. The molecule has 3 N–H and O–H groups in total. The van der Waals surface area contributed by atoms with Crippen LogP contribution >= 0.6 is 0 Å². The number of aliphatic carboxylic acids is 1. The first kappa shape index (κ1) is 9.63. The van der Waals surface area contributed by atoms with E-state index in [1.807, 2.05) is 0 Å². The minimum atomic E-state index is -1.10. The normalized spacial score (nSPS) is 14.9. The summed E-state index contributed by atoms with van der Waals surface area (Å²) in [6, 6.07) is 0. The largest absolute Gasteiger partial charge is 0.480 e. The van der Waals surface area contributed by atoms with Crippen LogP contribution in [0.1, 0.15) is 35.2 Å². The predicted octanol–water partition coefficient (Wildman–Crippen LogP) is -0.504. The van der Waals surface area contributed by atoms with Crippen LogP contribution < -0.4 is 5.32 Å². The molecule has 0 aliphatic heterocycles. The number of carbonyl (C=O) groups excluding carboxylic acids is 1. The number of carboxylic acid groups (broad SMARTS) is 1. The van der Waals surface area contributed by atoms with Crippen molar-refractivity contribution in [3.8, 4) is 0 Å². The van der Waals surface area contributed by atoms with Gasteiger partial charge in [-0.25, -0.2) is 4.98 Å². The molecular weight excluding hydrogens is 200 g/mol. The highest BCUT2D eigenvalue weighted by Crippen LogP contribution is 2.37. The standard InChI is InChI=1S/C8H10N4O3/c13-5(14)3-9-8(15)7-10-6(11-12-7)4-1-2-4/h4H,1-3H2,(H,9,15)(H,13,14)(H,10,11,12). The molecule has 0 bridgehead atoms. The van der Waals surface area contributed by atoms with Gasteiger partial charge in [-0.05, 0) is 12.8 Å². The molecule has 1 aliphatic rings. The highest BCUT2D eigenvalue weighted by Gasteiger charge is 2.28. The van der Waals surface area contributed by atoms with Gasteiger partial charge in [0.1, 0.15) is 12.4 Å². The number of H-pyrrole nitrogens is 1. The van der Waals surface area contributed by atoms with Crippen molar-refractivity contribution in [3.63, 3.8) is 0 Å². The first-order valence-electron chi connectivity index (χ1n) is 4.59. The van der Waals surface area contributed by atoms with Gasteiger partial charge in [-0.2, -0.15) is 0 Å². The number of hydrogen-bond acceptors (Lipinski definition) is 4. The summed E-state index contributed by atoms with van der Waals surface area (Å²) in [7, 11) is 0. The Hall–Kier alpha value is -1.92. The van der Waals surface area contributed by atoms with Gasteiger partial charge in [0.05, 0.1) is 0 Å². The lowest BCUT2D eigenvalue weighted by Crippen LogP contribution is -2.30. The summed E-state index contributed by atoms with van der Waals surface area (Å²) in [5.74, 6) is -0.575. The van der Waals surface area contributed by atoms with Gasteiger partial charge in [0.2, 0.25) is 5.82 Å². The molecule has 1 aromatic heterocycles. The number of hydrogen-bond donors (Lipinski definition) is 3. The smallest absolute Gasteiger partial charge is 0.322 e. The van der Waals surface area contributed by atoms with Gasteiger partial charge in [-0.3, -0.25) is 14.7 Å². The Labute approximate surface area is 84.9 Å². The first-order chi connectivity index (χ1) is 7.16. The minimum absolute atomic E-state index is 0.00171. The fraction of sp³-hybridized carbons (Fsp3) is 0.500. The molecule has 0 saturated heterocycles. The Bertz CT molecular complexity index is 396. The van der Waals surface area contributed by atoms with Gasteiger partial charge in [0.25, 0.3) is 5.91 Å². The van der Waals surface area contributed by atoms with Crippen LogP contribution in [0.5, 0.6) is 0 Å². The molecule has 15 heavy (non-hydrogen) atoms. The van der Waals surface area contributed by atoms with E-state index in [9.17, 15) is 9.59 Å². The van der Waals surface area contributed by atoms with E-state index in [2.05, 4.69) is 20.5 Å². The van der Waals surface area contributed by atoms with Crippen LogP contribution in [0, 0.1) is 0 Å². The summed E-state index contributed by atoms with van der Waals surface area (Å²) in [6.45, 7) is -0.424. The summed E-state index contributed by atoms with van der Waals surface area (Å²) >= 11 is 0. The molecule has 2 rings (SSSR count). The van der Waals surface area contributed by atoms with Crippen LogP contribution in [0.15, 0.2) is 0 Å². The van der Waals surface area contributed by atoms with E-state index in [1.165, 1.54) is 0 Å². The lowest BCUT2D eigenvalue weighted by atomic mass is 10.4. The van der Waals surface area contributed by atoms with Crippen molar-refractivity contribution in [2.75, 3.05) is 6.54 Å². The molecule has 1 aliphatic carbocycles. The fourth-order valence-electron chi connectivity index (χ4n) is 1.15. The molecule has 0 aromatic carbocycles. The minimum Gasteiger partial charge on any atom is -0.480 e. The topological polar surface area (TPSA) is 108 Å². The molecule has 1 aromatic rings. The molecule has 0 unspecified atom stereocenters. The summed E-state index contributed by atoms with van der Waals surface area (Å²) in [5.41, 5.74) is 0. The molecule has 0 radical (unpaired) electrons. The Morgan fingerprint density at radius 2 is 2.27 bits per heavy atom. The summed E-state index contributed by atoms with van der Waals surface area (Å²) < 4.78 is 0. The molecule has 1 saturated carbocycles. The second kappa shape index (κ2) is 3.68. The molecule has 1 fully saturated rings. The number of aromatic amines is 1. The third-order valence-electron chi connectivity index (χ3n) is 2.07.